The summed E-state index contributed by atoms with van der Waals surface area (Å²) in [6.07, 6.45) is 0. The molecule has 0 aliphatic carbocycles. The van der Waals surface area contributed by atoms with Crippen LogP contribution in [0.2, 0.25) is 0 Å². The number of fused-ring (bicyclic) bond motifs is 1. The number of thioether (sulfide) groups is 1. The zero-order valence-corrected chi connectivity index (χ0v) is 14.7. The van der Waals surface area contributed by atoms with Crippen molar-refractivity contribution in [3.05, 3.63) is 35.9 Å². The number of nitrogens with one attached hydrogen (secondary N) is 1. The van der Waals surface area contributed by atoms with E-state index in [4.69, 9.17) is 0 Å². The first-order chi connectivity index (χ1) is 11.8. The van der Waals surface area contributed by atoms with Crippen molar-refractivity contribution < 1.29 is 19.5 Å². The van der Waals surface area contributed by atoms with Crippen LogP contribution in [-0.2, 0) is 14.4 Å². The Morgan fingerprint density at radius 1 is 1.36 bits per heavy atom. The highest BCUT2D eigenvalue weighted by molar-refractivity contribution is 8.01. The summed E-state index contributed by atoms with van der Waals surface area (Å²) in [7, 11) is 0. The van der Waals surface area contributed by atoms with Crippen molar-refractivity contribution >= 4 is 36.3 Å². The van der Waals surface area contributed by atoms with Gasteiger partial charge in [-0.1, -0.05) is 30.3 Å². The Morgan fingerprint density at radius 3 is 2.56 bits per heavy atom. The summed E-state index contributed by atoms with van der Waals surface area (Å²) in [5.74, 6) is -1.83. The van der Waals surface area contributed by atoms with Gasteiger partial charge in [0.25, 0.3) is 0 Å². The summed E-state index contributed by atoms with van der Waals surface area (Å²) in [5.41, 5.74) is 0.682. The fourth-order valence-electron chi connectivity index (χ4n) is 3.35. The van der Waals surface area contributed by atoms with Crippen molar-refractivity contribution in [2.75, 3.05) is 0 Å². The van der Waals surface area contributed by atoms with Crippen molar-refractivity contribution in [2.24, 2.45) is 4.99 Å². The van der Waals surface area contributed by atoms with E-state index in [2.05, 4.69) is 17.0 Å². The molecule has 1 aromatic carbocycles. The third-order valence-electron chi connectivity index (χ3n) is 4.52. The molecule has 0 spiro atoms. The molecule has 1 unspecified atom stereocenters. The van der Waals surface area contributed by atoms with Crippen LogP contribution in [0.25, 0.3) is 0 Å². The van der Waals surface area contributed by atoms with E-state index >= 15 is 0 Å². The Hall–Kier alpha value is -2.35. The van der Waals surface area contributed by atoms with E-state index in [1.807, 2.05) is 6.07 Å². The largest absolute Gasteiger partial charge is 0.480 e. The fraction of sp³-hybridized carbons (Fsp3) is 0.412. The number of carboxylic acids is 1. The molecule has 1 aromatic rings. The van der Waals surface area contributed by atoms with Crippen LogP contribution in [0.1, 0.15) is 25.5 Å². The molecule has 0 radical (unpaired) electrons. The fourth-order valence-corrected chi connectivity index (χ4v) is 4.98. The van der Waals surface area contributed by atoms with E-state index in [1.54, 1.807) is 38.1 Å². The van der Waals surface area contributed by atoms with E-state index in [1.165, 1.54) is 16.7 Å². The lowest BCUT2D eigenvalue weighted by Gasteiger charge is -2.43. The molecule has 25 heavy (non-hydrogen) atoms. The number of β-lactam (4-membered cyclic amide) rings is 1. The van der Waals surface area contributed by atoms with Gasteiger partial charge in [-0.25, -0.2) is 4.79 Å². The van der Waals surface area contributed by atoms with E-state index in [0.29, 0.717) is 5.56 Å². The van der Waals surface area contributed by atoms with Gasteiger partial charge in [0.1, 0.15) is 17.5 Å². The number of carbonyl (C=O) groups is 3. The lowest BCUT2D eigenvalue weighted by Crippen LogP contribution is -2.70. The number of amides is 2. The maximum atomic E-state index is 12.5. The Balaban J connectivity index is 1.75. The van der Waals surface area contributed by atoms with E-state index in [0.717, 1.165) is 0 Å². The minimum absolute atomic E-state index is 0.375. The summed E-state index contributed by atoms with van der Waals surface area (Å²) < 4.78 is -0.624. The number of hydrogen-bond acceptors (Lipinski definition) is 5. The van der Waals surface area contributed by atoms with Crippen molar-refractivity contribution in [1.29, 1.82) is 0 Å². The molecule has 2 N–H and O–H groups in total. The zero-order valence-electron chi connectivity index (χ0n) is 13.9. The number of carboxylic acid groups (broad SMARTS) is 1. The number of aliphatic imine (C=N–C) groups is 1. The number of aliphatic carboxylic acids is 1. The van der Waals surface area contributed by atoms with Gasteiger partial charge in [-0.2, -0.15) is 0 Å². The number of carbonyl (C=O) groups excluding carboxylic acids is 2. The number of hydrogen-bond donors (Lipinski definition) is 2. The van der Waals surface area contributed by atoms with Gasteiger partial charge in [0, 0.05) is 4.75 Å². The van der Waals surface area contributed by atoms with Crippen LogP contribution < -0.4 is 5.32 Å². The normalized spacial score (nSPS) is 27.8. The van der Waals surface area contributed by atoms with Gasteiger partial charge in [-0.15, -0.1) is 11.8 Å². The minimum atomic E-state index is -1.03. The molecule has 0 aromatic heterocycles. The van der Waals surface area contributed by atoms with Crippen LogP contribution in [0, 0.1) is 0 Å². The first-order valence-corrected chi connectivity index (χ1v) is 8.70. The Morgan fingerprint density at radius 2 is 2.00 bits per heavy atom. The highest BCUT2D eigenvalue weighted by atomic mass is 32.2. The molecular weight excluding hydrogens is 342 g/mol. The molecule has 2 saturated heterocycles. The van der Waals surface area contributed by atoms with Crippen LogP contribution in [0.3, 0.4) is 0 Å². The molecule has 132 valence electrons. The zero-order chi connectivity index (χ0) is 18.4. The first-order valence-electron chi connectivity index (χ1n) is 7.82. The highest BCUT2D eigenvalue weighted by Crippen LogP contribution is 2.50. The summed E-state index contributed by atoms with van der Waals surface area (Å²) in [4.78, 5) is 41.7. The van der Waals surface area contributed by atoms with Gasteiger partial charge >= 0.3 is 5.97 Å². The van der Waals surface area contributed by atoms with Crippen LogP contribution >= 0.6 is 11.8 Å². The van der Waals surface area contributed by atoms with Gasteiger partial charge < -0.3 is 15.3 Å². The number of benzene rings is 1. The molecular formula is C17H19N3O4S. The van der Waals surface area contributed by atoms with Gasteiger partial charge in [0.05, 0.1) is 0 Å². The number of nitrogens with zero attached hydrogens (tertiary/aromatic N) is 2. The minimum Gasteiger partial charge on any atom is -0.480 e. The highest BCUT2D eigenvalue weighted by Gasteiger charge is 2.64. The third kappa shape index (κ3) is 2.80. The summed E-state index contributed by atoms with van der Waals surface area (Å²) >= 11 is 1.39. The molecule has 0 saturated carbocycles. The van der Waals surface area contributed by atoms with Crippen molar-refractivity contribution in [3.8, 4) is 0 Å². The molecule has 2 aliphatic heterocycles. The molecule has 4 atom stereocenters. The lowest BCUT2D eigenvalue weighted by molar-refractivity contribution is -0.161. The van der Waals surface area contributed by atoms with Gasteiger partial charge in [0.15, 0.2) is 6.04 Å². The molecule has 8 heteroatoms. The third-order valence-corrected chi connectivity index (χ3v) is 6.09. The maximum absolute atomic E-state index is 12.5. The Kier molecular flexibility index (Phi) is 4.32. The summed E-state index contributed by atoms with van der Waals surface area (Å²) in [5, 5.41) is 11.7. The van der Waals surface area contributed by atoms with Gasteiger partial charge in [-0.05, 0) is 26.1 Å². The van der Waals surface area contributed by atoms with Crippen LogP contribution in [0.4, 0.5) is 0 Å². The summed E-state index contributed by atoms with van der Waals surface area (Å²) in [6.45, 7) is 7.05. The smallest absolute Gasteiger partial charge is 0.327 e. The summed E-state index contributed by atoms with van der Waals surface area (Å²) in [6, 6.07) is 6.51. The molecule has 2 amide bonds. The quantitative estimate of drug-likeness (QED) is 0.603. The Labute approximate surface area is 149 Å². The standard InChI is InChI=1S/C17H19N3O4S/c1-17(2)12(16(23)24)20-14(22)11(15(20)25-17)19-13(21)10(18-3)9-7-5-4-6-8-9/h4-8,10-12,15H,3H2,1-2H3,(H,19,21)(H,23,24)/t10?,11-,12-,15-/m1/s1. The van der Waals surface area contributed by atoms with Crippen molar-refractivity contribution in [2.45, 2.75) is 42.1 Å². The second-order valence-corrected chi connectivity index (χ2v) is 8.35. The van der Waals surface area contributed by atoms with Gasteiger partial charge in [0.2, 0.25) is 11.8 Å². The Bertz CT molecular complexity index is 737. The van der Waals surface area contributed by atoms with Gasteiger partial charge in [-0.3, -0.25) is 14.6 Å². The molecule has 7 nitrogen and oxygen atoms in total. The first kappa shape index (κ1) is 17.5. The molecule has 2 fully saturated rings. The molecule has 2 heterocycles. The van der Waals surface area contributed by atoms with Crippen molar-refractivity contribution in [3.63, 3.8) is 0 Å². The number of rotatable bonds is 5. The van der Waals surface area contributed by atoms with Crippen LogP contribution in [-0.4, -0.2) is 56.7 Å². The molecule has 2 aliphatic rings. The van der Waals surface area contributed by atoms with Crippen LogP contribution in [0.15, 0.2) is 35.3 Å². The molecule has 3 rings (SSSR count). The maximum Gasteiger partial charge on any atom is 0.327 e. The second-order valence-electron chi connectivity index (χ2n) is 6.58. The SMILES string of the molecule is C=NC(C(=O)N[C@@H]1C(=O)N2[C@@H]1SC(C)(C)[C@H]2C(=O)O)c1ccccc1. The predicted molar refractivity (Wildman–Crippen MR) is 94.4 cm³/mol. The average Bonchev–Trinajstić information content (AvgIpc) is 2.82. The van der Waals surface area contributed by atoms with E-state index in [-0.39, 0.29) is 11.3 Å². The second kappa shape index (κ2) is 6.18. The van der Waals surface area contributed by atoms with E-state index < -0.39 is 34.7 Å². The average molecular weight is 361 g/mol. The van der Waals surface area contributed by atoms with Crippen LogP contribution in [0.5, 0.6) is 0 Å². The predicted octanol–water partition coefficient (Wildman–Crippen LogP) is 1.06. The van der Waals surface area contributed by atoms with Crippen molar-refractivity contribution in [1.82, 2.24) is 10.2 Å². The topological polar surface area (TPSA) is 99.1 Å². The monoisotopic (exact) mass is 361 g/mol. The molecule has 0 bridgehead atoms. The van der Waals surface area contributed by atoms with E-state index in [9.17, 15) is 19.5 Å². The lowest BCUT2D eigenvalue weighted by atomic mass is 9.95.